The number of fused-ring (bicyclic) bond motifs is 1. The highest BCUT2D eigenvalue weighted by molar-refractivity contribution is 5.40. The largest absolute Gasteiger partial charge is 0.494 e. The Kier molecular flexibility index (Phi) is 9.02. The van der Waals surface area contributed by atoms with Gasteiger partial charge in [0.05, 0.1) is 6.61 Å². The number of ether oxygens (including phenoxy) is 1. The van der Waals surface area contributed by atoms with E-state index in [0.29, 0.717) is 0 Å². The minimum Gasteiger partial charge on any atom is -0.494 e. The van der Waals surface area contributed by atoms with Crippen molar-refractivity contribution in [1.29, 1.82) is 0 Å². The fraction of sp³-hybridized carbons (Fsp3) is 0.652. The molecule has 24 heavy (non-hydrogen) atoms. The van der Waals surface area contributed by atoms with E-state index in [2.05, 4.69) is 44.2 Å². The van der Waals surface area contributed by atoms with Crippen LogP contribution in [0.2, 0.25) is 0 Å². The fourth-order valence-corrected chi connectivity index (χ4v) is 3.36. The van der Waals surface area contributed by atoms with Crippen LogP contribution in [0.25, 0.3) is 12.2 Å². The second-order valence-corrected chi connectivity index (χ2v) is 7.40. The molecule has 2 rings (SSSR count). The van der Waals surface area contributed by atoms with Crippen LogP contribution in [-0.4, -0.2) is 6.61 Å². The van der Waals surface area contributed by atoms with Gasteiger partial charge in [0.25, 0.3) is 0 Å². The Labute approximate surface area is 148 Å². The molecule has 1 nitrogen and oxygen atoms in total. The molecule has 0 heterocycles. The van der Waals surface area contributed by atoms with Gasteiger partial charge in [0.2, 0.25) is 0 Å². The minimum atomic E-state index is 0.858. The number of rotatable bonds is 12. The van der Waals surface area contributed by atoms with Crippen LogP contribution in [0.1, 0.15) is 84.5 Å². The van der Waals surface area contributed by atoms with Crippen LogP contribution < -0.4 is 15.2 Å². The number of unbranched alkanes of at least 4 members (excludes halogenated alkanes) is 6. The topological polar surface area (TPSA) is 9.23 Å². The predicted octanol–water partition coefficient (Wildman–Crippen LogP) is 5.59. The van der Waals surface area contributed by atoms with E-state index in [1.165, 1.54) is 74.6 Å². The zero-order valence-corrected chi connectivity index (χ0v) is 15.9. The lowest BCUT2D eigenvalue weighted by Gasteiger charge is -2.08. The molecule has 0 bridgehead atoms. The van der Waals surface area contributed by atoms with Crippen molar-refractivity contribution in [3.8, 4) is 5.75 Å². The molecule has 0 fully saturated rings. The van der Waals surface area contributed by atoms with Crippen molar-refractivity contribution in [3.05, 3.63) is 28.6 Å². The van der Waals surface area contributed by atoms with Gasteiger partial charge in [-0.25, -0.2) is 0 Å². The van der Waals surface area contributed by atoms with Crippen LogP contribution in [0.5, 0.6) is 5.75 Å². The van der Waals surface area contributed by atoms with Gasteiger partial charge in [0.1, 0.15) is 5.75 Å². The number of hydrogen-bond donors (Lipinski definition) is 0. The Balaban J connectivity index is 1.49. The summed E-state index contributed by atoms with van der Waals surface area (Å²) in [6, 6.07) is 6.51. The normalized spacial score (nSPS) is 14.4. The molecule has 0 spiro atoms. The summed E-state index contributed by atoms with van der Waals surface area (Å²) in [5.41, 5.74) is 0. The van der Waals surface area contributed by atoms with Crippen LogP contribution >= 0.6 is 0 Å². The molecule has 134 valence electrons. The first-order chi connectivity index (χ1) is 11.8. The summed E-state index contributed by atoms with van der Waals surface area (Å²) in [5, 5.41) is 2.71. The van der Waals surface area contributed by atoms with Crippen molar-refractivity contribution < 1.29 is 4.74 Å². The quantitative estimate of drug-likeness (QED) is 0.455. The van der Waals surface area contributed by atoms with Crippen molar-refractivity contribution in [3.63, 3.8) is 0 Å². The molecule has 0 saturated heterocycles. The maximum atomic E-state index is 5.92. The van der Waals surface area contributed by atoms with E-state index < -0.39 is 0 Å². The lowest BCUT2D eigenvalue weighted by molar-refractivity contribution is 0.304. The molecular weight excluding hydrogens is 292 g/mol. The molecule has 0 amide bonds. The SMILES string of the molecule is CCC(C)CCCCCCCCCOc1ccc2c(c1)=CCCC=2. The van der Waals surface area contributed by atoms with Crippen molar-refractivity contribution >= 4 is 12.2 Å². The zero-order valence-electron chi connectivity index (χ0n) is 15.9. The molecule has 0 saturated carbocycles. The average molecular weight is 329 g/mol. The average Bonchev–Trinajstić information content (AvgIpc) is 2.62. The highest BCUT2D eigenvalue weighted by Crippen LogP contribution is 2.14. The van der Waals surface area contributed by atoms with Crippen LogP contribution in [0.15, 0.2) is 18.2 Å². The van der Waals surface area contributed by atoms with Gasteiger partial charge in [-0.2, -0.15) is 0 Å². The summed E-state index contributed by atoms with van der Waals surface area (Å²) in [7, 11) is 0. The Morgan fingerprint density at radius 2 is 1.54 bits per heavy atom. The zero-order chi connectivity index (χ0) is 17.0. The molecule has 1 unspecified atom stereocenters. The summed E-state index contributed by atoms with van der Waals surface area (Å²) in [5.74, 6) is 1.95. The summed E-state index contributed by atoms with van der Waals surface area (Å²) < 4.78 is 5.92. The first-order valence-corrected chi connectivity index (χ1v) is 10.2. The Morgan fingerprint density at radius 3 is 2.29 bits per heavy atom. The Morgan fingerprint density at radius 1 is 0.875 bits per heavy atom. The Hall–Kier alpha value is -1.24. The van der Waals surface area contributed by atoms with E-state index in [4.69, 9.17) is 4.74 Å². The molecule has 1 atom stereocenters. The monoisotopic (exact) mass is 328 g/mol. The van der Waals surface area contributed by atoms with E-state index in [9.17, 15) is 0 Å². The highest BCUT2D eigenvalue weighted by Gasteiger charge is 1.99. The minimum absolute atomic E-state index is 0.858. The maximum absolute atomic E-state index is 5.92. The van der Waals surface area contributed by atoms with Crippen molar-refractivity contribution in [2.24, 2.45) is 5.92 Å². The number of benzene rings is 1. The third-order valence-corrected chi connectivity index (χ3v) is 5.26. The van der Waals surface area contributed by atoms with E-state index in [1.54, 1.807) is 0 Å². The number of hydrogen-bond acceptors (Lipinski definition) is 1. The van der Waals surface area contributed by atoms with Crippen LogP contribution in [-0.2, 0) is 0 Å². The van der Waals surface area contributed by atoms with Gasteiger partial charge >= 0.3 is 0 Å². The third-order valence-electron chi connectivity index (χ3n) is 5.26. The van der Waals surface area contributed by atoms with Crippen LogP contribution in [0.3, 0.4) is 0 Å². The molecule has 0 radical (unpaired) electrons. The van der Waals surface area contributed by atoms with Crippen molar-refractivity contribution in [2.45, 2.75) is 84.5 Å². The van der Waals surface area contributed by atoms with Crippen molar-refractivity contribution in [2.75, 3.05) is 6.61 Å². The van der Waals surface area contributed by atoms with Gasteiger partial charge in [-0.3, -0.25) is 0 Å². The van der Waals surface area contributed by atoms with Gasteiger partial charge in [-0.1, -0.05) is 83.4 Å². The molecule has 1 aromatic rings. The first kappa shape index (κ1) is 19.1. The van der Waals surface area contributed by atoms with Crippen LogP contribution in [0, 0.1) is 5.92 Å². The first-order valence-electron chi connectivity index (χ1n) is 10.2. The lowest BCUT2D eigenvalue weighted by Crippen LogP contribution is -2.26. The molecule has 1 aliphatic carbocycles. The summed E-state index contributed by atoms with van der Waals surface area (Å²) in [6.07, 6.45) is 19.2. The Bertz CT molecular complexity index is 572. The van der Waals surface area contributed by atoms with Crippen LogP contribution in [0.4, 0.5) is 0 Å². The molecule has 0 N–H and O–H groups in total. The van der Waals surface area contributed by atoms with E-state index in [-0.39, 0.29) is 0 Å². The van der Waals surface area contributed by atoms with E-state index in [1.807, 2.05) is 0 Å². The smallest absolute Gasteiger partial charge is 0.119 e. The van der Waals surface area contributed by atoms with Gasteiger partial charge in [0.15, 0.2) is 0 Å². The predicted molar refractivity (Wildman–Crippen MR) is 106 cm³/mol. The molecule has 1 aromatic carbocycles. The molecule has 0 aliphatic heterocycles. The van der Waals surface area contributed by atoms with Gasteiger partial charge in [-0.05, 0) is 47.8 Å². The standard InChI is InChI=1S/C23H36O/c1-3-20(2)13-9-7-5-4-6-8-12-18-24-23-17-16-21-14-10-11-15-22(21)19-23/h14-17,19-20H,3-13,18H2,1-2H3. The molecular formula is C23H36O. The summed E-state index contributed by atoms with van der Waals surface area (Å²) in [4.78, 5) is 0. The van der Waals surface area contributed by atoms with E-state index in [0.717, 1.165) is 24.7 Å². The molecule has 1 aliphatic rings. The summed E-state index contributed by atoms with van der Waals surface area (Å²) >= 11 is 0. The highest BCUT2D eigenvalue weighted by atomic mass is 16.5. The van der Waals surface area contributed by atoms with Crippen molar-refractivity contribution in [1.82, 2.24) is 0 Å². The maximum Gasteiger partial charge on any atom is 0.119 e. The second-order valence-electron chi connectivity index (χ2n) is 7.40. The van der Waals surface area contributed by atoms with Gasteiger partial charge in [0, 0.05) is 0 Å². The molecule has 0 aromatic heterocycles. The second kappa shape index (κ2) is 11.3. The van der Waals surface area contributed by atoms with Gasteiger partial charge in [-0.15, -0.1) is 0 Å². The summed E-state index contributed by atoms with van der Waals surface area (Å²) in [6.45, 7) is 5.53. The van der Waals surface area contributed by atoms with Gasteiger partial charge < -0.3 is 4.74 Å². The van der Waals surface area contributed by atoms with E-state index >= 15 is 0 Å². The fourth-order valence-electron chi connectivity index (χ4n) is 3.36. The third kappa shape index (κ3) is 7.11. The molecule has 1 heteroatoms. The lowest BCUT2D eigenvalue weighted by atomic mass is 10.00.